The van der Waals surface area contributed by atoms with E-state index < -0.39 is 17.7 Å². The number of carbonyl (C=O) groups is 2. The van der Waals surface area contributed by atoms with Gasteiger partial charge in [0, 0.05) is 17.9 Å². The van der Waals surface area contributed by atoms with Crippen molar-refractivity contribution in [3.63, 3.8) is 0 Å². The standard InChI is InChI=1S/C16H27N3O5/c1-7-8-23-10-19-11(2)12(13(18-19)14(20)22-6)9-17-15(21)24-16(3,4)5/h7-10H2,1-6H3,(H,17,21). The molecule has 24 heavy (non-hydrogen) atoms. The zero-order valence-corrected chi connectivity index (χ0v) is 15.3. The highest BCUT2D eigenvalue weighted by Crippen LogP contribution is 2.16. The molecule has 0 fully saturated rings. The van der Waals surface area contributed by atoms with Crippen LogP contribution in [0.25, 0.3) is 0 Å². The maximum atomic E-state index is 11.9. The Morgan fingerprint density at radius 1 is 1.29 bits per heavy atom. The molecule has 8 heteroatoms. The monoisotopic (exact) mass is 341 g/mol. The number of esters is 1. The fraction of sp³-hybridized carbons (Fsp3) is 0.688. The second-order valence-corrected chi connectivity index (χ2v) is 6.30. The summed E-state index contributed by atoms with van der Waals surface area (Å²) in [6.45, 7) is 10.1. The molecule has 1 aromatic heterocycles. The third-order valence-corrected chi connectivity index (χ3v) is 3.08. The van der Waals surface area contributed by atoms with Gasteiger partial charge in [-0.25, -0.2) is 14.3 Å². The van der Waals surface area contributed by atoms with Gasteiger partial charge in [0.1, 0.15) is 12.3 Å². The number of ether oxygens (including phenoxy) is 3. The summed E-state index contributed by atoms with van der Waals surface area (Å²) in [5.41, 5.74) is 0.865. The van der Waals surface area contributed by atoms with E-state index in [1.54, 1.807) is 32.4 Å². The van der Waals surface area contributed by atoms with Gasteiger partial charge in [-0.2, -0.15) is 5.10 Å². The minimum absolute atomic E-state index is 0.110. The molecule has 0 bridgehead atoms. The minimum Gasteiger partial charge on any atom is -0.464 e. The Hall–Kier alpha value is -2.09. The van der Waals surface area contributed by atoms with Crippen molar-refractivity contribution in [2.45, 2.75) is 59.9 Å². The highest BCUT2D eigenvalue weighted by molar-refractivity contribution is 5.89. The lowest BCUT2D eigenvalue weighted by molar-refractivity contribution is 0.0517. The lowest BCUT2D eigenvalue weighted by Gasteiger charge is -2.19. The summed E-state index contributed by atoms with van der Waals surface area (Å²) in [6, 6.07) is 0. The highest BCUT2D eigenvalue weighted by atomic mass is 16.6. The van der Waals surface area contributed by atoms with E-state index in [9.17, 15) is 9.59 Å². The Labute approximate surface area is 142 Å². The van der Waals surface area contributed by atoms with Gasteiger partial charge in [0.2, 0.25) is 0 Å². The molecule has 8 nitrogen and oxygen atoms in total. The predicted octanol–water partition coefficient (Wildman–Crippen LogP) is 2.39. The van der Waals surface area contributed by atoms with Gasteiger partial charge < -0.3 is 19.5 Å². The molecule has 0 saturated carbocycles. The van der Waals surface area contributed by atoms with Crippen LogP contribution in [0.4, 0.5) is 4.79 Å². The van der Waals surface area contributed by atoms with Crippen LogP contribution >= 0.6 is 0 Å². The number of methoxy groups -OCH3 is 1. The minimum atomic E-state index is -0.595. The largest absolute Gasteiger partial charge is 0.464 e. The summed E-state index contributed by atoms with van der Waals surface area (Å²) >= 11 is 0. The molecule has 0 aliphatic rings. The summed E-state index contributed by atoms with van der Waals surface area (Å²) in [5, 5.41) is 6.86. The van der Waals surface area contributed by atoms with Gasteiger partial charge in [0.05, 0.1) is 13.7 Å². The van der Waals surface area contributed by atoms with Crippen LogP contribution in [0.2, 0.25) is 0 Å². The van der Waals surface area contributed by atoms with E-state index in [-0.39, 0.29) is 19.0 Å². The number of rotatable bonds is 7. The Bertz CT molecular complexity index is 575. The van der Waals surface area contributed by atoms with Crippen molar-refractivity contribution < 1.29 is 23.8 Å². The summed E-state index contributed by atoms with van der Waals surface area (Å²) in [5.74, 6) is -0.562. The SMILES string of the molecule is CCCOCn1nc(C(=O)OC)c(CNC(=O)OC(C)(C)C)c1C. The quantitative estimate of drug-likeness (QED) is 0.605. The Kier molecular flexibility index (Phi) is 7.21. The highest BCUT2D eigenvalue weighted by Gasteiger charge is 2.23. The maximum absolute atomic E-state index is 11.9. The van der Waals surface area contributed by atoms with Crippen molar-refractivity contribution in [1.82, 2.24) is 15.1 Å². The Morgan fingerprint density at radius 2 is 1.96 bits per heavy atom. The Balaban J connectivity index is 2.90. The van der Waals surface area contributed by atoms with Crippen LogP contribution < -0.4 is 5.32 Å². The van der Waals surface area contributed by atoms with E-state index in [0.717, 1.165) is 12.1 Å². The molecule has 0 aliphatic heterocycles. The molecular weight excluding hydrogens is 314 g/mol. The molecule has 0 spiro atoms. The average Bonchev–Trinajstić information content (AvgIpc) is 2.79. The van der Waals surface area contributed by atoms with E-state index in [2.05, 4.69) is 10.4 Å². The topological polar surface area (TPSA) is 91.7 Å². The number of amides is 1. The molecule has 0 atom stereocenters. The predicted molar refractivity (Wildman–Crippen MR) is 87.6 cm³/mol. The van der Waals surface area contributed by atoms with E-state index >= 15 is 0 Å². The zero-order chi connectivity index (χ0) is 18.3. The molecule has 1 heterocycles. The van der Waals surface area contributed by atoms with Gasteiger partial charge in [-0.05, 0) is 34.1 Å². The molecule has 0 radical (unpaired) electrons. The lowest BCUT2D eigenvalue weighted by Crippen LogP contribution is -2.32. The van der Waals surface area contributed by atoms with Crippen LogP contribution in [0.5, 0.6) is 0 Å². The number of nitrogens with zero attached hydrogens (tertiary/aromatic N) is 2. The van der Waals surface area contributed by atoms with E-state index in [1.165, 1.54) is 7.11 Å². The van der Waals surface area contributed by atoms with Crippen molar-refractivity contribution in [3.8, 4) is 0 Å². The lowest BCUT2D eigenvalue weighted by atomic mass is 10.2. The van der Waals surface area contributed by atoms with Gasteiger partial charge in [0.15, 0.2) is 5.69 Å². The molecule has 0 saturated heterocycles. The van der Waals surface area contributed by atoms with Crippen LogP contribution in [0.1, 0.15) is 55.9 Å². The fourth-order valence-corrected chi connectivity index (χ4v) is 1.95. The smallest absolute Gasteiger partial charge is 0.407 e. The zero-order valence-electron chi connectivity index (χ0n) is 15.3. The first-order valence-corrected chi connectivity index (χ1v) is 7.88. The summed E-state index contributed by atoms with van der Waals surface area (Å²) < 4.78 is 17.0. The first-order chi connectivity index (χ1) is 11.2. The molecular formula is C16H27N3O5. The second-order valence-electron chi connectivity index (χ2n) is 6.30. The van der Waals surface area contributed by atoms with Crippen molar-refractivity contribution in [2.24, 2.45) is 0 Å². The van der Waals surface area contributed by atoms with Crippen LogP contribution in [0.3, 0.4) is 0 Å². The molecule has 1 amide bonds. The van der Waals surface area contributed by atoms with Crippen molar-refractivity contribution in [1.29, 1.82) is 0 Å². The number of aromatic nitrogens is 2. The van der Waals surface area contributed by atoms with Gasteiger partial charge in [-0.15, -0.1) is 0 Å². The number of alkyl carbamates (subject to hydrolysis) is 1. The molecule has 0 aromatic carbocycles. The summed E-state index contributed by atoms with van der Waals surface area (Å²) in [7, 11) is 1.29. The first kappa shape index (κ1) is 20.0. The van der Waals surface area contributed by atoms with E-state index in [1.807, 2.05) is 6.92 Å². The van der Waals surface area contributed by atoms with Gasteiger partial charge >= 0.3 is 12.1 Å². The molecule has 0 aliphatic carbocycles. The number of carbonyl (C=O) groups excluding carboxylic acids is 2. The second kappa shape index (κ2) is 8.68. The van der Waals surface area contributed by atoms with Gasteiger partial charge in [-0.1, -0.05) is 6.92 Å². The van der Waals surface area contributed by atoms with E-state index in [0.29, 0.717) is 12.2 Å². The van der Waals surface area contributed by atoms with E-state index in [4.69, 9.17) is 14.2 Å². The maximum Gasteiger partial charge on any atom is 0.407 e. The van der Waals surface area contributed by atoms with Crippen LogP contribution in [-0.4, -0.2) is 41.2 Å². The van der Waals surface area contributed by atoms with Gasteiger partial charge in [-0.3, -0.25) is 0 Å². The molecule has 136 valence electrons. The third kappa shape index (κ3) is 5.84. The van der Waals surface area contributed by atoms with Crippen LogP contribution in [-0.2, 0) is 27.5 Å². The Morgan fingerprint density at radius 3 is 2.50 bits per heavy atom. The van der Waals surface area contributed by atoms with Crippen molar-refractivity contribution >= 4 is 12.1 Å². The average molecular weight is 341 g/mol. The number of hydrogen-bond donors (Lipinski definition) is 1. The molecule has 0 unspecified atom stereocenters. The first-order valence-electron chi connectivity index (χ1n) is 7.88. The number of nitrogens with one attached hydrogen (secondary N) is 1. The normalized spacial score (nSPS) is 11.2. The van der Waals surface area contributed by atoms with Crippen molar-refractivity contribution in [2.75, 3.05) is 13.7 Å². The third-order valence-electron chi connectivity index (χ3n) is 3.08. The fourth-order valence-electron chi connectivity index (χ4n) is 1.95. The van der Waals surface area contributed by atoms with Crippen molar-refractivity contribution in [3.05, 3.63) is 17.0 Å². The summed E-state index contributed by atoms with van der Waals surface area (Å²) in [4.78, 5) is 23.7. The van der Waals surface area contributed by atoms with Gasteiger partial charge in [0.25, 0.3) is 0 Å². The van der Waals surface area contributed by atoms with Crippen LogP contribution in [0.15, 0.2) is 0 Å². The molecule has 1 N–H and O–H groups in total. The van der Waals surface area contributed by atoms with Crippen LogP contribution in [0, 0.1) is 6.92 Å². The molecule has 1 aromatic rings. The summed E-state index contributed by atoms with van der Waals surface area (Å²) in [6.07, 6.45) is 0.324. The molecule has 1 rings (SSSR count). The number of hydrogen-bond acceptors (Lipinski definition) is 6.